The van der Waals surface area contributed by atoms with Crippen LogP contribution < -0.4 is 16.1 Å². The summed E-state index contributed by atoms with van der Waals surface area (Å²) in [5.41, 5.74) is 9.85. The van der Waals surface area contributed by atoms with E-state index in [2.05, 4.69) is 50.7 Å². The molecular weight excluding hydrogens is 366 g/mol. The van der Waals surface area contributed by atoms with Gasteiger partial charge in [0.2, 0.25) is 0 Å². The Morgan fingerprint density at radius 1 is 1.31 bits per heavy atom. The smallest absolute Gasteiger partial charge is 0.184 e. The van der Waals surface area contributed by atoms with Crippen LogP contribution in [-0.4, -0.2) is 49.0 Å². The molecule has 1 aromatic rings. The van der Waals surface area contributed by atoms with Crippen LogP contribution in [0.15, 0.2) is 47.6 Å². The fraction of sp³-hybridized carbons (Fsp3) is 0.368. The highest BCUT2D eigenvalue weighted by molar-refractivity contribution is 7.80. The van der Waals surface area contributed by atoms with E-state index >= 15 is 0 Å². The third kappa shape index (κ3) is 5.30. The molecule has 3 rings (SSSR count). The van der Waals surface area contributed by atoms with E-state index in [4.69, 9.17) is 29.6 Å². The summed E-state index contributed by atoms with van der Waals surface area (Å²) in [5, 5.41) is 4.75. The second-order valence-electron chi connectivity index (χ2n) is 6.54. The van der Waals surface area contributed by atoms with Gasteiger partial charge >= 0.3 is 0 Å². The lowest BCUT2D eigenvalue weighted by molar-refractivity contribution is 0.234. The van der Waals surface area contributed by atoms with E-state index in [1.807, 2.05) is 12.1 Å². The lowest BCUT2D eigenvalue weighted by Crippen LogP contribution is -2.47. The third-order valence-electron chi connectivity index (χ3n) is 4.66. The highest BCUT2D eigenvalue weighted by atomic mass is 35.5. The molecule has 2 aliphatic rings. The fourth-order valence-corrected chi connectivity index (χ4v) is 3.55. The van der Waals surface area contributed by atoms with Crippen LogP contribution in [0.25, 0.3) is 0 Å². The van der Waals surface area contributed by atoms with Gasteiger partial charge in [0.25, 0.3) is 0 Å². The largest absolute Gasteiger partial charge is 0.375 e. The predicted octanol–water partition coefficient (Wildman–Crippen LogP) is 2.76. The molecule has 1 unspecified atom stereocenters. The maximum atomic E-state index is 6.39. The molecule has 0 aromatic heterocycles. The minimum Gasteiger partial charge on any atom is -0.375 e. The Hall–Kier alpha value is -1.89. The van der Waals surface area contributed by atoms with E-state index in [-0.39, 0.29) is 5.11 Å². The van der Waals surface area contributed by atoms with E-state index in [1.54, 1.807) is 6.21 Å². The van der Waals surface area contributed by atoms with Crippen LogP contribution >= 0.6 is 23.8 Å². The number of hydrazone groups is 1. The molecule has 7 heteroatoms. The van der Waals surface area contributed by atoms with Gasteiger partial charge in [0.05, 0.1) is 11.2 Å². The lowest BCUT2D eigenvalue weighted by atomic mass is 10.00. The van der Waals surface area contributed by atoms with Gasteiger partial charge in [-0.3, -0.25) is 10.3 Å². The quantitative estimate of drug-likeness (QED) is 0.460. The molecule has 1 saturated heterocycles. The number of allylic oxidation sites excluding steroid dienone is 3. The van der Waals surface area contributed by atoms with Gasteiger partial charge < -0.3 is 10.6 Å². The van der Waals surface area contributed by atoms with Gasteiger partial charge in [-0.15, -0.1) is 0 Å². The zero-order valence-electron chi connectivity index (χ0n) is 14.6. The van der Waals surface area contributed by atoms with Crippen LogP contribution in [0.5, 0.6) is 0 Å². The van der Waals surface area contributed by atoms with Crippen molar-refractivity contribution < 1.29 is 0 Å². The Kier molecular flexibility index (Phi) is 6.66. The predicted molar refractivity (Wildman–Crippen MR) is 114 cm³/mol. The fourth-order valence-electron chi connectivity index (χ4n) is 3.27. The standard InChI is InChI=1S/C19H24ClN5S/c20-18-12-17(7-6-16(18)13-22-23-19(21)26)25-10-8-24(9-11-25)14-15-4-2-1-3-5-15/h1-4,6-7,12-13,15H,5,8-11,14H2,(H3,21,23,26)/b22-13+. The summed E-state index contributed by atoms with van der Waals surface area (Å²) >= 11 is 11.1. The zero-order chi connectivity index (χ0) is 18.4. The number of piperazine rings is 1. The van der Waals surface area contributed by atoms with Crippen molar-refractivity contribution in [2.24, 2.45) is 16.8 Å². The molecule has 138 valence electrons. The molecule has 1 aliphatic heterocycles. The Balaban J connectivity index is 1.53. The van der Waals surface area contributed by atoms with E-state index < -0.39 is 0 Å². The summed E-state index contributed by atoms with van der Waals surface area (Å²) < 4.78 is 0. The molecule has 5 nitrogen and oxygen atoms in total. The molecule has 1 heterocycles. The van der Waals surface area contributed by atoms with Crippen LogP contribution in [0, 0.1) is 5.92 Å². The normalized spacial score (nSPS) is 20.7. The van der Waals surface area contributed by atoms with Crippen molar-refractivity contribution in [3.05, 3.63) is 53.1 Å². The van der Waals surface area contributed by atoms with Gasteiger partial charge in [-0.25, -0.2) is 0 Å². The third-order valence-corrected chi connectivity index (χ3v) is 5.08. The van der Waals surface area contributed by atoms with Gasteiger partial charge in [0.1, 0.15) is 0 Å². The van der Waals surface area contributed by atoms with E-state index in [1.165, 1.54) is 0 Å². The number of thiocarbonyl (C=S) groups is 1. The highest BCUT2D eigenvalue weighted by Gasteiger charge is 2.20. The molecule has 0 amide bonds. The van der Waals surface area contributed by atoms with Gasteiger partial charge in [-0.1, -0.05) is 35.9 Å². The van der Waals surface area contributed by atoms with E-state index in [0.29, 0.717) is 10.9 Å². The average molecular weight is 390 g/mol. The Labute approximate surface area is 165 Å². The van der Waals surface area contributed by atoms with Crippen LogP contribution in [0.3, 0.4) is 0 Å². The van der Waals surface area contributed by atoms with Crippen molar-refractivity contribution in [3.63, 3.8) is 0 Å². The second kappa shape index (κ2) is 9.16. The number of nitrogens with two attached hydrogens (primary N) is 1. The Morgan fingerprint density at radius 2 is 2.12 bits per heavy atom. The highest BCUT2D eigenvalue weighted by Crippen LogP contribution is 2.24. The summed E-state index contributed by atoms with van der Waals surface area (Å²) in [4.78, 5) is 4.93. The topological polar surface area (TPSA) is 56.9 Å². The number of anilines is 1. The molecule has 0 saturated carbocycles. The maximum absolute atomic E-state index is 6.39. The number of benzene rings is 1. The van der Waals surface area contributed by atoms with Crippen molar-refractivity contribution in [2.45, 2.75) is 6.42 Å². The summed E-state index contributed by atoms with van der Waals surface area (Å²) in [6, 6.07) is 6.04. The Bertz CT molecular complexity index is 723. The molecule has 0 spiro atoms. The van der Waals surface area contributed by atoms with Crippen LogP contribution in [0.4, 0.5) is 5.69 Å². The minimum atomic E-state index is 0.131. The number of hydrogen-bond acceptors (Lipinski definition) is 4. The SMILES string of the molecule is NC(=S)N/N=C/c1ccc(N2CCN(CC3C=CC=CC3)CC2)cc1Cl. The summed E-state index contributed by atoms with van der Waals surface area (Å²) in [6.07, 6.45) is 11.6. The van der Waals surface area contributed by atoms with Gasteiger partial charge in [0, 0.05) is 44.0 Å². The van der Waals surface area contributed by atoms with Gasteiger partial charge in [0.15, 0.2) is 5.11 Å². The summed E-state index contributed by atoms with van der Waals surface area (Å²) in [6.45, 7) is 5.32. The summed E-state index contributed by atoms with van der Waals surface area (Å²) in [7, 11) is 0. The first-order valence-corrected chi connectivity index (χ1v) is 9.59. The number of rotatable bonds is 5. The molecule has 26 heavy (non-hydrogen) atoms. The molecule has 1 aliphatic carbocycles. The first kappa shape index (κ1) is 18.9. The molecule has 3 N–H and O–H groups in total. The van der Waals surface area contributed by atoms with Crippen molar-refractivity contribution >= 4 is 40.8 Å². The average Bonchev–Trinajstić information content (AvgIpc) is 2.64. The monoisotopic (exact) mass is 389 g/mol. The first-order valence-electron chi connectivity index (χ1n) is 8.80. The maximum Gasteiger partial charge on any atom is 0.184 e. The molecule has 0 radical (unpaired) electrons. The number of halogens is 1. The molecule has 1 aromatic carbocycles. The van der Waals surface area contributed by atoms with Crippen molar-refractivity contribution in [1.29, 1.82) is 0 Å². The van der Waals surface area contributed by atoms with Crippen molar-refractivity contribution in [2.75, 3.05) is 37.6 Å². The summed E-state index contributed by atoms with van der Waals surface area (Å²) in [5.74, 6) is 0.648. The molecular formula is C19H24ClN5S. The lowest BCUT2D eigenvalue weighted by Gasteiger charge is -2.37. The zero-order valence-corrected chi connectivity index (χ0v) is 16.2. The number of nitrogens with zero attached hydrogens (tertiary/aromatic N) is 3. The van der Waals surface area contributed by atoms with Gasteiger partial charge in [-0.2, -0.15) is 5.10 Å². The molecule has 1 atom stereocenters. The van der Waals surface area contributed by atoms with Crippen molar-refractivity contribution in [3.8, 4) is 0 Å². The first-order chi connectivity index (χ1) is 12.6. The Morgan fingerprint density at radius 3 is 2.77 bits per heavy atom. The van der Waals surface area contributed by atoms with Crippen molar-refractivity contribution in [1.82, 2.24) is 10.3 Å². The second-order valence-corrected chi connectivity index (χ2v) is 7.38. The molecule has 0 bridgehead atoms. The van der Waals surface area contributed by atoms with Crippen LogP contribution in [0.1, 0.15) is 12.0 Å². The van der Waals surface area contributed by atoms with Gasteiger partial charge in [-0.05, 0) is 42.8 Å². The van der Waals surface area contributed by atoms with Crippen LogP contribution in [-0.2, 0) is 0 Å². The van der Waals surface area contributed by atoms with E-state index in [9.17, 15) is 0 Å². The number of nitrogens with one attached hydrogen (secondary N) is 1. The minimum absolute atomic E-state index is 0.131. The number of hydrogen-bond donors (Lipinski definition) is 2. The van der Waals surface area contributed by atoms with E-state index in [0.717, 1.165) is 50.4 Å². The molecule has 1 fully saturated rings. The van der Waals surface area contributed by atoms with Crippen LogP contribution in [0.2, 0.25) is 5.02 Å².